The minimum atomic E-state index is 0.253. The Morgan fingerprint density at radius 1 is 1.09 bits per heavy atom. The first-order valence-electron chi connectivity index (χ1n) is 11.4. The Hall–Kier alpha value is -3.35. The minimum absolute atomic E-state index is 0.253. The second-order valence-corrected chi connectivity index (χ2v) is 8.31. The predicted octanol–water partition coefficient (Wildman–Crippen LogP) is 2.68. The van der Waals surface area contributed by atoms with Crippen molar-refractivity contribution in [3.8, 4) is 0 Å². The van der Waals surface area contributed by atoms with Gasteiger partial charge in [0.15, 0.2) is 5.96 Å². The molecule has 1 fully saturated rings. The van der Waals surface area contributed by atoms with Crippen molar-refractivity contribution in [2.75, 3.05) is 33.2 Å². The highest BCUT2D eigenvalue weighted by Crippen LogP contribution is 2.17. The van der Waals surface area contributed by atoms with Gasteiger partial charge in [-0.15, -0.1) is 0 Å². The smallest absolute Gasteiger partial charge is 0.223 e. The number of benzene rings is 2. The molecule has 0 bridgehead atoms. The number of aryl methyl sites for hydroxylation is 1. The van der Waals surface area contributed by atoms with E-state index in [1.54, 1.807) is 7.05 Å². The SMILES string of the molecule is CN=C(NCCCn1cnc2ccccc21)NCC1CC(=O)N(CCc2ccccc2)C1. The molecule has 7 heteroatoms. The summed E-state index contributed by atoms with van der Waals surface area (Å²) in [6, 6.07) is 18.5. The van der Waals surface area contributed by atoms with Crippen LogP contribution in [0.15, 0.2) is 65.9 Å². The van der Waals surface area contributed by atoms with Crippen LogP contribution in [0.5, 0.6) is 0 Å². The van der Waals surface area contributed by atoms with Crippen LogP contribution in [0.1, 0.15) is 18.4 Å². The maximum Gasteiger partial charge on any atom is 0.223 e. The Balaban J connectivity index is 1.15. The van der Waals surface area contributed by atoms with Crippen molar-refractivity contribution >= 4 is 22.9 Å². The van der Waals surface area contributed by atoms with E-state index in [9.17, 15) is 4.79 Å². The van der Waals surface area contributed by atoms with Crippen molar-refractivity contribution < 1.29 is 4.79 Å². The van der Waals surface area contributed by atoms with Crippen LogP contribution in [0.25, 0.3) is 11.0 Å². The summed E-state index contributed by atoms with van der Waals surface area (Å²) in [6.45, 7) is 4.06. The molecule has 0 spiro atoms. The van der Waals surface area contributed by atoms with E-state index in [1.807, 2.05) is 47.6 Å². The van der Waals surface area contributed by atoms with E-state index in [0.717, 1.165) is 62.6 Å². The molecular formula is C25H32N6O. The maximum absolute atomic E-state index is 12.4. The highest BCUT2D eigenvalue weighted by Gasteiger charge is 2.29. The molecule has 0 aliphatic carbocycles. The highest BCUT2D eigenvalue weighted by molar-refractivity contribution is 5.81. The molecule has 1 atom stereocenters. The van der Waals surface area contributed by atoms with Crippen LogP contribution in [0.4, 0.5) is 0 Å². The van der Waals surface area contributed by atoms with Crippen LogP contribution < -0.4 is 10.6 Å². The fourth-order valence-electron chi connectivity index (χ4n) is 4.22. The number of imidazole rings is 1. The lowest BCUT2D eigenvalue weighted by Crippen LogP contribution is -2.40. The summed E-state index contributed by atoms with van der Waals surface area (Å²) in [5.74, 6) is 1.35. The molecular weight excluding hydrogens is 400 g/mol. The molecule has 1 saturated heterocycles. The zero-order valence-corrected chi connectivity index (χ0v) is 18.7. The lowest BCUT2D eigenvalue weighted by molar-refractivity contribution is -0.127. The second kappa shape index (κ2) is 10.8. The number of likely N-dealkylation sites (tertiary alicyclic amines) is 1. The highest BCUT2D eigenvalue weighted by atomic mass is 16.2. The van der Waals surface area contributed by atoms with E-state index in [-0.39, 0.29) is 5.91 Å². The molecule has 1 amide bonds. The van der Waals surface area contributed by atoms with Crippen molar-refractivity contribution in [1.82, 2.24) is 25.1 Å². The lowest BCUT2D eigenvalue weighted by atomic mass is 10.1. The molecule has 0 radical (unpaired) electrons. The van der Waals surface area contributed by atoms with E-state index in [4.69, 9.17) is 0 Å². The van der Waals surface area contributed by atoms with Gasteiger partial charge in [-0.3, -0.25) is 9.79 Å². The number of amides is 1. The zero-order chi connectivity index (χ0) is 22.2. The molecule has 2 heterocycles. The van der Waals surface area contributed by atoms with Crippen LogP contribution in [-0.2, 0) is 17.8 Å². The van der Waals surface area contributed by atoms with Crippen molar-refractivity contribution in [3.05, 3.63) is 66.5 Å². The summed E-state index contributed by atoms with van der Waals surface area (Å²) in [4.78, 5) is 23.1. The Morgan fingerprint density at radius 2 is 1.91 bits per heavy atom. The molecule has 2 aromatic carbocycles. The summed E-state index contributed by atoms with van der Waals surface area (Å²) in [5, 5.41) is 6.77. The number of fused-ring (bicyclic) bond motifs is 1. The van der Waals surface area contributed by atoms with Gasteiger partial charge in [0, 0.05) is 52.1 Å². The molecule has 3 aromatic rings. The zero-order valence-electron chi connectivity index (χ0n) is 18.7. The summed E-state index contributed by atoms with van der Waals surface area (Å²) in [5.41, 5.74) is 3.47. The predicted molar refractivity (Wildman–Crippen MR) is 129 cm³/mol. The topological polar surface area (TPSA) is 74.5 Å². The van der Waals surface area contributed by atoms with Crippen LogP contribution >= 0.6 is 0 Å². The molecule has 4 rings (SSSR count). The number of rotatable bonds is 9. The van der Waals surface area contributed by atoms with Gasteiger partial charge >= 0.3 is 0 Å². The van der Waals surface area contributed by atoms with Gasteiger partial charge in [-0.1, -0.05) is 42.5 Å². The van der Waals surface area contributed by atoms with E-state index in [1.165, 1.54) is 5.56 Å². The molecule has 0 saturated carbocycles. The Labute approximate surface area is 189 Å². The first kappa shape index (κ1) is 21.9. The number of para-hydroxylation sites is 2. The lowest BCUT2D eigenvalue weighted by Gasteiger charge is -2.18. The quantitative estimate of drug-likeness (QED) is 0.310. The third-order valence-electron chi connectivity index (χ3n) is 5.99. The largest absolute Gasteiger partial charge is 0.356 e. The minimum Gasteiger partial charge on any atom is -0.356 e. The monoisotopic (exact) mass is 432 g/mol. The van der Waals surface area contributed by atoms with Crippen LogP contribution in [0.3, 0.4) is 0 Å². The van der Waals surface area contributed by atoms with E-state index in [2.05, 4.69) is 43.4 Å². The van der Waals surface area contributed by atoms with Crippen LogP contribution in [0, 0.1) is 5.92 Å². The van der Waals surface area contributed by atoms with Gasteiger partial charge in [-0.05, 0) is 30.5 Å². The number of hydrogen-bond donors (Lipinski definition) is 2. The Kier molecular flexibility index (Phi) is 7.38. The van der Waals surface area contributed by atoms with Gasteiger partial charge in [0.2, 0.25) is 5.91 Å². The van der Waals surface area contributed by atoms with Crippen molar-refractivity contribution in [1.29, 1.82) is 0 Å². The molecule has 1 aliphatic heterocycles. The molecule has 1 aromatic heterocycles. The number of aromatic nitrogens is 2. The number of nitrogens with one attached hydrogen (secondary N) is 2. The molecule has 32 heavy (non-hydrogen) atoms. The van der Waals surface area contributed by atoms with Gasteiger partial charge in [0.25, 0.3) is 0 Å². The number of carbonyl (C=O) groups is 1. The summed E-state index contributed by atoms with van der Waals surface area (Å²) >= 11 is 0. The van der Waals surface area contributed by atoms with Gasteiger partial charge in [0.1, 0.15) is 0 Å². The van der Waals surface area contributed by atoms with Crippen LogP contribution in [-0.4, -0.2) is 59.5 Å². The molecule has 168 valence electrons. The first-order chi connectivity index (χ1) is 15.7. The number of guanidine groups is 1. The summed E-state index contributed by atoms with van der Waals surface area (Å²) < 4.78 is 2.18. The van der Waals surface area contributed by atoms with Crippen LogP contribution in [0.2, 0.25) is 0 Å². The summed E-state index contributed by atoms with van der Waals surface area (Å²) in [7, 11) is 1.78. The normalized spacial score (nSPS) is 16.7. The molecule has 1 unspecified atom stereocenters. The average Bonchev–Trinajstić information content (AvgIpc) is 3.40. The number of carbonyl (C=O) groups excluding carboxylic acids is 1. The third kappa shape index (κ3) is 5.66. The van der Waals surface area contributed by atoms with E-state index in [0.29, 0.717) is 12.3 Å². The third-order valence-corrected chi connectivity index (χ3v) is 5.99. The second-order valence-electron chi connectivity index (χ2n) is 8.31. The van der Waals surface area contributed by atoms with Crippen molar-refractivity contribution in [2.45, 2.75) is 25.8 Å². The fourth-order valence-corrected chi connectivity index (χ4v) is 4.22. The Bertz CT molecular complexity index is 1040. The van der Waals surface area contributed by atoms with E-state index >= 15 is 0 Å². The molecule has 7 nitrogen and oxygen atoms in total. The molecule has 2 N–H and O–H groups in total. The number of hydrogen-bond acceptors (Lipinski definition) is 3. The van der Waals surface area contributed by atoms with Gasteiger partial charge in [-0.25, -0.2) is 4.98 Å². The average molecular weight is 433 g/mol. The fraction of sp³-hybridized carbons (Fsp3) is 0.400. The van der Waals surface area contributed by atoms with Gasteiger partial charge in [0.05, 0.1) is 17.4 Å². The first-order valence-corrected chi connectivity index (χ1v) is 11.4. The van der Waals surface area contributed by atoms with Gasteiger partial charge in [-0.2, -0.15) is 0 Å². The van der Waals surface area contributed by atoms with Crippen molar-refractivity contribution in [3.63, 3.8) is 0 Å². The van der Waals surface area contributed by atoms with Crippen molar-refractivity contribution in [2.24, 2.45) is 10.9 Å². The van der Waals surface area contributed by atoms with E-state index < -0.39 is 0 Å². The molecule has 1 aliphatic rings. The number of aliphatic imine (C=N–C) groups is 1. The summed E-state index contributed by atoms with van der Waals surface area (Å²) in [6.07, 6.45) is 4.38. The maximum atomic E-state index is 12.4. The number of nitrogens with zero attached hydrogens (tertiary/aromatic N) is 4. The standard InChI is InChI=1S/C25H32N6O/c1-26-25(27-13-7-14-31-19-29-22-10-5-6-11-23(22)31)28-17-21-16-24(32)30(18-21)15-12-20-8-3-2-4-9-20/h2-6,8-11,19,21H,7,12-18H2,1H3,(H2,26,27,28). The van der Waals surface area contributed by atoms with Gasteiger partial charge < -0.3 is 20.1 Å². The Morgan fingerprint density at radius 3 is 2.75 bits per heavy atom.